The van der Waals surface area contributed by atoms with Crippen molar-refractivity contribution in [1.29, 1.82) is 0 Å². The molecule has 0 radical (unpaired) electrons. The summed E-state index contributed by atoms with van der Waals surface area (Å²) >= 11 is 0. The molecule has 6 heteroatoms. The van der Waals surface area contributed by atoms with Gasteiger partial charge in [0.1, 0.15) is 0 Å². The molecule has 0 bridgehead atoms. The van der Waals surface area contributed by atoms with Crippen LogP contribution in [-0.4, -0.2) is 53.7 Å². The maximum absolute atomic E-state index is 12.4. The Morgan fingerprint density at radius 3 is 2.36 bits per heavy atom. The van der Waals surface area contributed by atoms with Crippen molar-refractivity contribution in [2.75, 3.05) is 19.7 Å². The van der Waals surface area contributed by atoms with Crippen LogP contribution < -0.4 is 10.6 Å². The summed E-state index contributed by atoms with van der Waals surface area (Å²) in [4.78, 5) is 26.4. The van der Waals surface area contributed by atoms with Crippen LogP contribution in [-0.2, 0) is 4.79 Å². The molecule has 1 fully saturated rings. The van der Waals surface area contributed by atoms with E-state index < -0.39 is 0 Å². The van der Waals surface area contributed by atoms with E-state index in [4.69, 9.17) is 0 Å². The quantitative estimate of drug-likeness (QED) is 0.625. The standard InChI is InChI=1S/C19H37N3O3/c1-6-15-11-22(19(25)20-14(4)5)8-7-16(15)10-18(24)21-17(12-23)9-13(2)3/h13-17,23H,6-12H2,1-5H3,(H,20,25)(H,21,24). The van der Waals surface area contributed by atoms with Crippen LogP contribution in [0, 0.1) is 17.8 Å². The topological polar surface area (TPSA) is 81.7 Å². The zero-order valence-corrected chi connectivity index (χ0v) is 16.5. The number of rotatable bonds is 8. The lowest BCUT2D eigenvalue weighted by molar-refractivity contribution is -0.124. The number of nitrogens with zero attached hydrogens (tertiary/aromatic N) is 1. The van der Waals surface area contributed by atoms with Crippen molar-refractivity contribution < 1.29 is 14.7 Å². The van der Waals surface area contributed by atoms with Gasteiger partial charge in [-0.25, -0.2) is 4.79 Å². The van der Waals surface area contributed by atoms with Crippen LogP contribution in [0.15, 0.2) is 0 Å². The second kappa shape index (κ2) is 10.6. The Morgan fingerprint density at radius 1 is 1.16 bits per heavy atom. The van der Waals surface area contributed by atoms with Gasteiger partial charge in [0.05, 0.1) is 12.6 Å². The van der Waals surface area contributed by atoms with E-state index in [9.17, 15) is 14.7 Å². The second-order valence-corrected chi connectivity index (χ2v) is 8.05. The lowest BCUT2D eigenvalue weighted by Gasteiger charge is -2.38. The number of likely N-dealkylation sites (tertiary alicyclic amines) is 1. The molecule has 0 aliphatic carbocycles. The van der Waals surface area contributed by atoms with E-state index in [1.807, 2.05) is 18.7 Å². The summed E-state index contributed by atoms with van der Waals surface area (Å²) in [5.74, 6) is 1.09. The number of carbonyl (C=O) groups is 2. The van der Waals surface area contributed by atoms with Gasteiger partial charge in [-0.3, -0.25) is 4.79 Å². The van der Waals surface area contributed by atoms with E-state index in [0.717, 1.165) is 19.3 Å². The Kier molecular flexibility index (Phi) is 9.25. The van der Waals surface area contributed by atoms with Crippen molar-refractivity contribution in [3.05, 3.63) is 0 Å². The third kappa shape index (κ3) is 7.63. The molecule has 1 aliphatic heterocycles. The number of aliphatic hydroxyl groups excluding tert-OH is 1. The van der Waals surface area contributed by atoms with Crippen LogP contribution in [0.1, 0.15) is 60.3 Å². The van der Waals surface area contributed by atoms with Gasteiger partial charge in [-0.05, 0) is 44.4 Å². The molecule has 3 amide bonds. The van der Waals surface area contributed by atoms with Gasteiger partial charge in [0.25, 0.3) is 0 Å². The van der Waals surface area contributed by atoms with Gasteiger partial charge < -0.3 is 20.6 Å². The first kappa shape index (κ1) is 21.7. The number of amides is 3. The van der Waals surface area contributed by atoms with Crippen LogP contribution in [0.3, 0.4) is 0 Å². The summed E-state index contributed by atoms with van der Waals surface area (Å²) in [6.07, 6.45) is 3.07. The molecule has 3 atom stereocenters. The molecule has 0 saturated carbocycles. The predicted molar refractivity (Wildman–Crippen MR) is 100 cm³/mol. The van der Waals surface area contributed by atoms with Crippen molar-refractivity contribution in [2.24, 2.45) is 17.8 Å². The fourth-order valence-electron chi connectivity index (χ4n) is 3.61. The maximum Gasteiger partial charge on any atom is 0.317 e. The summed E-state index contributed by atoms with van der Waals surface area (Å²) < 4.78 is 0. The molecular formula is C19H37N3O3. The van der Waals surface area contributed by atoms with E-state index in [1.54, 1.807) is 0 Å². The molecule has 6 nitrogen and oxygen atoms in total. The van der Waals surface area contributed by atoms with Crippen molar-refractivity contribution >= 4 is 11.9 Å². The minimum Gasteiger partial charge on any atom is -0.394 e. The smallest absolute Gasteiger partial charge is 0.317 e. The lowest BCUT2D eigenvalue weighted by Crippen LogP contribution is -2.50. The summed E-state index contributed by atoms with van der Waals surface area (Å²) in [5, 5.41) is 15.3. The Balaban J connectivity index is 2.53. The van der Waals surface area contributed by atoms with Gasteiger partial charge in [0, 0.05) is 25.6 Å². The number of piperidine rings is 1. The number of urea groups is 1. The molecule has 0 aromatic heterocycles. The summed E-state index contributed by atoms with van der Waals surface area (Å²) in [6, 6.07) is -0.0365. The minimum atomic E-state index is -0.163. The monoisotopic (exact) mass is 355 g/mol. The van der Waals surface area contributed by atoms with Crippen LogP contribution in [0.4, 0.5) is 4.79 Å². The van der Waals surface area contributed by atoms with Crippen LogP contribution in [0.5, 0.6) is 0 Å². The van der Waals surface area contributed by atoms with E-state index in [1.165, 1.54) is 0 Å². The average Bonchev–Trinajstić information content (AvgIpc) is 2.53. The van der Waals surface area contributed by atoms with Gasteiger partial charge >= 0.3 is 6.03 Å². The molecule has 3 N–H and O–H groups in total. The summed E-state index contributed by atoms with van der Waals surface area (Å²) in [7, 11) is 0. The highest BCUT2D eigenvalue weighted by atomic mass is 16.3. The summed E-state index contributed by atoms with van der Waals surface area (Å²) in [6.45, 7) is 11.6. The van der Waals surface area contributed by atoms with Crippen molar-refractivity contribution in [3.8, 4) is 0 Å². The van der Waals surface area contributed by atoms with Gasteiger partial charge in [-0.1, -0.05) is 27.2 Å². The highest BCUT2D eigenvalue weighted by Gasteiger charge is 2.32. The number of carbonyl (C=O) groups excluding carboxylic acids is 2. The highest BCUT2D eigenvalue weighted by molar-refractivity contribution is 5.77. The summed E-state index contributed by atoms with van der Waals surface area (Å²) in [5.41, 5.74) is 0. The zero-order valence-electron chi connectivity index (χ0n) is 16.5. The largest absolute Gasteiger partial charge is 0.394 e. The van der Waals surface area contributed by atoms with E-state index in [0.29, 0.717) is 37.3 Å². The number of hydrogen-bond acceptors (Lipinski definition) is 3. The van der Waals surface area contributed by atoms with Crippen LogP contribution in [0.25, 0.3) is 0 Å². The van der Waals surface area contributed by atoms with Gasteiger partial charge in [-0.2, -0.15) is 0 Å². The average molecular weight is 356 g/mol. The highest BCUT2D eigenvalue weighted by Crippen LogP contribution is 2.29. The molecule has 1 heterocycles. The first-order chi connectivity index (χ1) is 11.8. The molecule has 3 unspecified atom stereocenters. The van der Waals surface area contributed by atoms with Gasteiger partial charge in [-0.15, -0.1) is 0 Å². The van der Waals surface area contributed by atoms with Gasteiger partial charge in [0.15, 0.2) is 0 Å². The Labute approximate surface area is 152 Å². The molecule has 0 aromatic rings. The second-order valence-electron chi connectivity index (χ2n) is 8.05. The van der Waals surface area contributed by atoms with Crippen molar-refractivity contribution in [2.45, 2.75) is 72.4 Å². The van der Waals surface area contributed by atoms with E-state index in [-0.39, 0.29) is 30.6 Å². The number of aliphatic hydroxyl groups is 1. The van der Waals surface area contributed by atoms with Crippen LogP contribution >= 0.6 is 0 Å². The molecule has 0 spiro atoms. The van der Waals surface area contributed by atoms with Crippen molar-refractivity contribution in [1.82, 2.24) is 15.5 Å². The third-order valence-electron chi connectivity index (χ3n) is 4.90. The first-order valence-corrected chi connectivity index (χ1v) is 9.72. The molecule has 25 heavy (non-hydrogen) atoms. The molecule has 0 aromatic carbocycles. The number of hydrogen-bond donors (Lipinski definition) is 3. The molecule has 1 aliphatic rings. The molecule has 1 rings (SSSR count). The fraction of sp³-hybridized carbons (Fsp3) is 0.895. The predicted octanol–water partition coefficient (Wildman–Crippen LogP) is 2.37. The van der Waals surface area contributed by atoms with E-state index in [2.05, 4.69) is 31.4 Å². The Bertz CT molecular complexity index is 426. The first-order valence-electron chi connectivity index (χ1n) is 9.72. The van der Waals surface area contributed by atoms with E-state index >= 15 is 0 Å². The van der Waals surface area contributed by atoms with Crippen molar-refractivity contribution in [3.63, 3.8) is 0 Å². The maximum atomic E-state index is 12.4. The molecule has 1 saturated heterocycles. The normalized spacial score (nSPS) is 22.2. The SMILES string of the molecule is CCC1CN(C(=O)NC(C)C)CCC1CC(=O)NC(CO)CC(C)C. The fourth-order valence-corrected chi connectivity index (χ4v) is 3.61. The van der Waals surface area contributed by atoms with Crippen LogP contribution in [0.2, 0.25) is 0 Å². The van der Waals surface area contributed by atoms with Gasteiger partial charge in [0.2, 0.25) is 5.91 Å². The molecular weight excluding hydrogens is 318 g/mol. The molecule has 146 valence electrons. The zero-order chi connectivity index (χ0) is 19.0. The third-order valence-corrected chi connectivity index (χ3v) is 4.90. The Morgan fingerprint density at radius 2 is 1.84 bits per heavy atom. The number of nitrogens with one attached hydrogen (secondary N) is 2. The Hall–Kier alpha value is -1.30. The lowest BCUT2D eigenvalue weighted by atomic mass is 9.81. The minimum absolute atomic E-state index is 0.00590.